The highest BCUT2D eigenvalue weighted by molar-refractivity contribution is 5.99. The van der Waals surface area contributed by atoms with Gasteiger partial charge in [-0.2, -0.15) is 0 Å². The SMILES string of the molecule is Cc1nc2cccc(CNC(=O)Cc3ccc(OC(F)(F)F)cc3)c2c(=O)n1C1CCC(=O)NC1=O. The summed E-state index contributed by atoms with van der Waals surface area (Å²) in [4.78, 5) is 54.2. The molecule has 3 aromatic rings. The Morgan fingerprint density at radius 1 is 1.17 bits per heavy atom. The van der Waals surface area contributed by atoms with Crippen LogP contribution in [0.15, 0.2) is 47.3 Å². The Hall–Kier alpha value is -4.22. The monoisotopic (exact) mass is 502 g/mol. The van der Waals surface area contributed by atoms with E-state index in [2.05, 4.69) is 20.4 Å². The van der Waals surface area contributed by atoms with Crippen molar-refractivity contribution in [2.45, 2.75) is 45.1 Å². The molecule has 36 heavy (non-hydrogen) atoms. The van der Waals surface area contributed by atoms with Crippen LogP contribution in [0.5, 0.6) is 5.75 Å². The second-order valence-corrected chi connectivity index (χ2v) is 8.26. The predicted octanol–water partition coefficient (Wildman–Crippen LogP) is 2.44. The number of benzene rings is 2. The Labute approximate surface area is 202 Å². The summed E-state index contributed by atoms with van der Waals surface area (Å²) in [5, 5.41) is 5.17. The number of imide groups is 1. The molecule has 1 fully saturated rings. The molecule has 2 aromatic carbocycles. The number of rotatable bonds is 6. The smallest absolute Gasteiger partial charge is 0.406 e. The van der Waals surface area contributed by atoms with Crippen molar-refractivity contribution in [1.29, 1.82) is 0 Å². The first-order valence-electron chi connectivity index (χ1n) is 11.0. The maximum Gasteiger partial charge on any atom is 0.573 e. The number of alkyl halides is 3. The van der Waals surface area contributed by atoms with Crippen LogP contribution in [0.3, 0.4) is 0 Å². The van der Waals surface area contributed by atoms with Gasteiger partial charge in [0.05, 0.1) is 17.3 Å². The molecule has 0 radical (unpaired) electrons. The van der Waals surface area contributed by atoms with E-state index < -0.39 is 41.4 Å². The lowest BCUT2D eigenvalue weighted by Gasteiger charge is -2.24. The van der Waals surface area contributed by atoms with Crippen molar-refractivity contribution >= 4 is 28.6 Å². The third-order valence-corrected chi connectivity index (χ3v) is 5.71. The van der Waals surface area contributed by atoms with Crippen LogP contribution in [0, 0.1) is 6.92 Å². The third kappa shape index (κ3) is 5.53. The van der Waals surface area contributed by atoms with Crippen LogP contribution < -0.4 is 20.9 Å². The number of hydrogen-bond acceptors (Lipinski definition) is 6. The van der Waals surface area contributed by atoms with Crippen molar-refractivity contribution in [3.8, 4) is 5.75 Å². The zero-order valence-electron chi connectivity index (χ0n) is 19.0. The minimum absolute atomic E-state index is 0.0131. The lowest BCUT2D eigenvalue weighted by atomic mass is 10.0. The van der Waals surface area contributed by atoms with Gasteiger partial charge in [-0.1, -0.05) is 24.3 Å². The Morgan fingerprint density at radius 3 is 2.56 bits per heavy atom. The molecule has 0 saturated carbocycles. The summed E-state index contributed by atoms with van der Waals surface area (Å²) >= 11 is 0. The molecule has 2 heterocycles. The molecular weight excluding hydrogens is 481 g/mol. The van der Waals surface area contributed by atoms with Gasteiger partial charge in [-0.25, -0.2) is 4.98 Å². The predicted molar refractivity (Wildman–Crippen MR) is 121 cm³/mol. The van der Waals surface area contributed by atoms with Gasteiger partial charge in [0.15, 0.2) is 0 Å². The van der Waals surface area contributed by atoms with E-state index in [0.717, 1.165) is 12.1 Å². The number of carbonyl (C=O) groups is 3. The van der Waals surface area contributed by atoms with Crippen LogP contribution in [0.2, 0.25) is 0 Å². The fraction of sp³-hybridized carbons (Fsp3) is 0.292. The first kappa shape index (κ1) is 24.9. The van der Waals surface area contributed by atoms with E-state index in [1.165, 1.54) is 16.7 Å². The molecule has 1 atom stereocenters. The van der Waals surface area contributed by atoms with E-state index in [1.54, 1.807) is 25.1 Å². The summed E-state index contributed by atoms with van der Waals surface area (Å²) in [6.45, 7) is 1.59. The Bertz CT molecular complexity index is 1400. The Kier molecular flexibility index (Phi) is 6.77. The van der Waals surface area contributed by atoms with Crippen LogP contribution in [0.4, 0.5) is 13.2 Å². The number of piperidine rings is 1. The summed E-state index contributed by atoms with van der Waals surface area (Å²) in [7, 11) is 0. The van der Waals surface area contributed by atoms with Crippen LogP contribution >= 0.6 is 0 Å². The maximum atomic E-state index is 13.4. The highest BCUT2D eigenvalue weighted by Gasteiger charge is 2.31. The van der Waals surface area contributed by atoms with E-state index >= 15 is 0 Å². The molecule has 9 nitrogen and oxygen atoms in total. The summed E-state index contributed by atoms with van der Waals surface area (Å²) in [6.07, 6.45) is -4.64. The summed E-state index contributed by atoms with van der Waals surface area (Å²) in [5.74, 6) is -1.46. The van der Waals surface area contributed by atoms with Crippen LogP contribution in [-0.2, 0) is 27.3 Å². The van der Waals surface area contributed by atoms with Crippen molar-refractivity contribution in [3.63, 3.8) is 0 Å². The van der Waals surface area contributed by atoms with Gasteiger partial charge in [0.1, 0.15) is 17.6 Å². The van der Waals surface area contributed by atoms with E-state index in [9.17, 15) is 32.3 Å². The molecule has 1 aliphatic rings. The number of halogens is 3. The van der Waals surface area contributed by atoms with Crippen LogP contribution in [0.25, 0.3) is 10.9 Å². The summed E-state index contributed by atoms with van der Waals surface area (Å²) < 4.78 is 42.0. The topological polar surface area (TPSA) is 119 Å². The largest absolute Gasteiger partial charge is 0.573 e. The highest BCUT2D eigenvalue weighted by Crippen LogP contribution is 2.23. The van der Waals surface area contributed by atoms with E-state index in [1.807, 2.05) is 0 Å². The minimum Gasteiger partial charge on any atom is -0.406 e. The zero-order valence-corrected chi connectivity index (χ0v) is 19.0. The Morgan fingerprint density at radius 2 is 1.89 bits per heavy atom. The molecule has 0 bridgehead atoms. The average molecular weight is 502 g/mol. The third-order valence-electron chi connectivity index (χ3n) is 5.71. The fourth-order valence-electron chi connectivity index (χ4n) is 4.12. The number of nitrogens with one attached hydrogen (secondary N) is 2. The molecular formula is C24H21F3N4O5. The highest BCUT2D eigenvalue weighted by atomic mass is 19.4. The quantitative estimate of drug-likeness (QED) is 0.500. The minimum atomic E-state index is -4.80. The number of fused-ring (bicyclic) bond motifs is 1. The van der Waals surface area contributed by atoms with E-state index in [0.29, 0.717) is 22.5 Å². The Balaban J connectivity index is 1.52. The zero-order chi connectivity index (χ0) is 26.0. The van der Waals surface area contributed by atoms with Gasteiger partial charge >= 0.3 is 6.36 Å². The molecule has 2 N–H and O–H groups in total. The van der Waals surface area contributed by atoms with Gasteiger partial charge in [0, 0.05) is 13.0 Å². The van der Waals surface area contributed by atoms with Crippen molar-refractivity contribution in [1.82, 2.24) is 20.2 Å². The maximum absolute atomic E-state index is 13.4. The molecule has 1 aromatic heterocycles. The van der Waals surface area contributed by atoms with Crippen molar-refractivity contribution in [2.75, 3.05) is 0 Å². The number of aryl methyl sites for hydroxylation is 1. The van der Waals surface area contributed by atoms with Gasteiger partial charge in [-0.3, -0.25) is 29.1 Å². The molecule has 0 spiro atoms. The lowest BCUT2D eigenvalue weighted by Crippen LogP contribution is -2.45. The van der Waals surface area contributed by atoms with Gasteiger partial charge in [0.2, 0.25) is 17.7 Å². The van der Waals surface area contributed by atoms with Gasteiger partial charge in [0.25, 0.3) is 5.56 Å². The average Bonchev–Trinajstić information content (AvgIpc) is 2.79. The normalized spacial score (nSPS) is 16.1. The molecule has 12 heteroatoms. The first-order chi connectivity index (χ1) is 17.0. The first-order valence-corrected chi connectivity index (χ1v) is 11.0. The number of aromatic nitrogens is 2. The molecule has 0 aliphatic carbocycles. The standard InChI is InChI=1S/C24H21F3N4O5/c1-13-29-17-4-2-3-15(21(17)23(35)31(13)18-9-10-19(32)30-22(18)34)12-28-20(33)11-14-5-7-16(8-6-14)36-24(25,26)27/h2-8,18H,9-12H2,1H3,(H,28,33)(H,30,32,34). The molecule has 188 valence electrons. The van der Waals surface area contributed by atoms with Crippen LogP contribution in [-0.4, -0.2) is 33.6 Å². The van der Waals surface area contributed by atoms with Crippen molar-refractivity contribution in [3.05, 3.63) is 69.8 Å². The number of amides is 3. The number of ether oxygens (including phenoxy) is 1. The second kappa shape index (κ2) is 9.80. The molecule has 1 saturated heterocycles. The molecule has 3 amide bonds. The van der Waals surface area contributed by atoms with E-state index in [-0.39, 0.29) is 31.2 Å². The van der Waals surface area contributed by atoms with E-state index in [4.69, 9.17) is 0 Å². The molecule has 1 unspecified atom stereocenters. The van der Waals surface area contributed by atoms with Gasteiger partial charge < -0.3 is 10.1 Å². The molecule has 1 aliphatic heterocycles. The van der Waals surface area contributed by atoms with Gasteiger partial charge in [-0.15, -0.1) is 13.2 Å². The fourth-order valence-corrected chi connectivity index (χ4v) is 4.12. The lowest BCUT2D eigenvalue weighted by molar-refractivity contribution is -0.274. The number of nitrogens with zero attached hydrogens (tertiary/aromatic N) is 2. The number of carbonyl (C=O) groups excluding carboxylic acids is 3. The summed E-state index contributed by atoms with van der Waals surface area (Å²) in [5.41, 5.74) is 0.885. The number of hydrogen-bond donors (Lipinski definition) is 2. The van der Waals surface area contributed by atoms with Crippen molar-refractivity contribution < 1.29 is 32.3 Å². The second-order valence-electron chi connectivity index (χ2n) is 8.26. The van der Waals surface area contributed by atoms with Gasteiger partial charge in [-0.05, 0) is 42.7 Å². The molecule has 4 rings (SSSR count). The summed E-state index contributed by atoms with van der Waals surface area (Å²) in [6, 6.07) is 9.05. The van der Waals surface area contributed by atoms with Crippen LogP contribution in [0.1, 0.15) is 35.8 Å². The van der Waals surface area contributed by atoms with Crippen molar-refractivity contribution in [2.24, 2.45) is 0 Å².